The largest absolute Gasteiger partial charge is 0.365 e. The quantitative estimate of drug-likeness (QED) is 0.895. The Hall–Kier alpha value is -0.730. The maximum absolute atomic E-state index is 6.39. The second-order valence-electron chi connectivity index (χ2n) is 5.35. The van der Waals surface area contributed by atoms with Crippen molar-refractivity contribution in [2.24, 2.45) is 5.73 Å². The molecule has 1 fully saturated rings. The second-order valence-corrected chi connectivity index (χ2v) is 5.76. The van der Waals surface area contributed by atoms with Gasteiger partial charge in [0.05, 0.1) is 10.7 Å². The van der Waals surface area contributed by atoms with Crippen molar-refractivity contribution in [3.8, 4) is 0 Å². The van der Waals surface area contributed by atoms with Crippen molar-refractivity contribution in [3.05, 3.63) is 28.8 Å². The van der Waals surface area contributed by atoms with E-state index in [2.05, 4.69) is 24.8 Å². The first-order valence-corrected chi connectivity index (χ1v) is 6.69. The molecule has 0 aliphatic carbocycles. The van der Waals surface area contributed by atoms with Crippen LogP contribution in [0.4, 0.5) is 5.69 Å². The molecule has 1 aromatic carbocycles. The van der Waals surface area contributed by atoms with Crippen LogP contribution in [-0.4, -0.2) is 18.6 Å². The van der Waals surface area contributed by atoms with Gasteiger partial charge in [-0.2, -0.15) is 0 Å². The highest BCUT2D eigenvalue weighted by Crippen LogP contribution is 2.39. The summed E-state index contributed by atoms with van der Waals surface area (Å²) in [6, 6.07) is 6.13. The summed E-state index contributed by atoms with van der Waals surface area (Å²) >= 11 is 6.39. The van der Waals surface area contributed by atoms with Crippen molar-refractivity contribution in [1.29, 1.82) is 0 Å². The fourth-order valence-electron chi connectivity index (χ4n) is 2.74. The van der Waals surface area contributed by atoms with Crippen LogP contribution in [0, 0.1) is 0 Å². The van der Waals surface area contributed by atoms with Crippen LogP contribution >= 0.6 is 11.6 Å². The highest BCUT2D eigenvalue weighted by molar-refractivity contribution is 6.33. The normalized spacial score (nSPS) is 18.7. The van der Waals surface area contributed by atoms with E-state index in [9.17, 15) is 0 Å². The first kappa shape index (κ1) is 12.7. The summed E-state index contributed by atoms with van der Waals surface area (Å²) in [6.07, 6.45) is 3.35. The second kappa shape index (κ2) is 4.87. The molecule has 0 atom stereocenters. The standard InChI is InChI=1S/C14H21ClN2/c1-14(2)8-4-10-17(14)13-11(7-9-16)5-3-6-12(13)15/h3,5-6H,4,7-10,16H2,1-2H3. The topological polar surface area (TPSA) is 29.3 Å². The van der Waals surface area contributed by atoms with E-state index in [0.717, 1.165) is 18.0 Å². The molecule has 0 bridgehead atoms. The van der Waals surface area contributed by atoms with Gasteiger partial charge >= 0.3 is 0 Å². The Morgan fingerprint density at radius 3 is 2.76 bits per heavy atom. The number of benzene rings is 1. The van der Waals surface area contributed by atoms with Crippen LogP contribution in [0.2, 0.25) is 5.02 Å². The molecule has 2 nitrogen and oxygen atoms in total. The third-order valence-electron chi connectivity index (χ3n) is 3.65. The molecule has 0 amide bonds. The van der Waals surface area contributed by atoms with E-state index in [0.29, 0.717) is 6.54 Å². The van der Waals surface area contributed by atoms with Gasteiger partial charge in [-0.15, -0.1) is 0 Å². The summed E-state index contributed by atoms with van der Waals surface area (Å²) in [7, 11) is 0. The molecule has 3 heteroatoms. The number of nitrogens with zero attached hydrogens (tertiary/aromatic N) is 1. The lowest BCUT2D eigenvalue weighted by atomic mass is 10.00. The first-order chi connectivity index (χ1) is 8.06. The van der Waals surface area contributed by atoms with Crippen LogP contribution in [0.3, 0.4) is 0 Å². The Morgan fingerprint density at radius 2 is 2.18 bits per heavy atom. The Kier molecular flexibility index (Phi) is 3.64. The zero-order valence-corrected chi connectivity index (χ0v) is 11.4. The SMILES string of the molecule is CC1(C)CCCN1c1c(Cl)cccc1CCN. The smallest absolute Gasteiger partial charge is 0.0642 e. The van der Waals surface area contributed by atoms with Crippen molar-refractivity contribution in [3.63, 3.8) is 0 Å². The lowest BCUT2D eigenvalue weighted by Crippen LogP contribution is -2.39. The van der Waals surface area contributed by atoms with Crippen molar-refractivity contribution >= 4 is 17.3 Å². The summed E-state index contributed by atoms with van der Waals surface area (Å²) in [5.74, 6) is 0. The van der Waals surface area contributed by atoms with Gasteiger partial charge in [-0.3, -0.25) is 0 Å². The summed E-state index contributed by atoms with van der Waals surface area (Å²) < 4.78 is 0. The Balaban J connectivity index is 2.43. The molecule has 0 aromatic heterocycles. The van der Waals surface area contributed by atoms with Gasteiger partial charge in [0.25, 0.3) is 0 Å². The zero-order chi connectivity index (χ0) is 12.5. The molecule has 1 aromatic rings. The highest BCUT2D eigenvalue weighted by Gasteiger charge is 2.33. The van der Waals surface area contributed by atoms with E-state index in [1.807, 2.05) is 12.1 Å². The molecule has 0 saturated carbocycles. The summed E-state index contributed by atoms with van der Waals surface area (Å²) in [5.41, 5.74) is 8.36. The van der Waals surface area contributed by atoms with E-state index in [-0.39, 0.29) is 5.54 Å². The van der Waals surface area contributed by atoms with E-state index >= 15 is 0 Å². The molecule has 0 spiro atoms. The molecule has 0 radical (unpaired) electrons. The lowest BCUT2D eigenvalue weighted by Gasteiger charge is -2.35. The maximum atomic E-state index is 6.39. The molecule has 17 heavy (non-hydrogen) atoms. The van der Waals surface area contributed by atoms with Gasteiger partial charge in [0, 0.05) is 12.1 Å². The molecule has 1 aliphatic rings. The number of rotatable bonds is 3. The zero-order valence-electron chi connectivity index (χ0n) is 10.7. The summed E-state index contributed by atoms with van der Waals surface area (Å²) in [6.45, 7) is 6.33. The van der Waals surface area contributed by atoms with Gasteiger partial charge in [-0.05, 0) is 51.3 Å². The first-order valence-electron chi connectivity index (χ1n) is 6.31. The van der Waals surface area contributed by atoms with Crippen molar-refractivity contribution < 1.29 is 0 Å². The molecule has 2 N–H and O–H groups in total. The van der Waals surface area contributed by atoms with Crippen LogP contribution in [-0.2, 0) is 6.42 Å². The van der Waals surface area contributed by atoms with Gasteiger partial charge in [0.15, 0.2) is 0 Å². The van der Waals surface area contributed by atoms with Crippen molar-refractivity contribution in [2.75, 3.05) is 18.0 Å². The number of anilines is 1. The molecule has 0 unspecified atom stereocenters. The Bertz CT molecular complexity index is 401. The monoisotopic (exact) mass is 252 g/mol. The fourth-order valence-corrected chi connectivity index (χ4v) is 3.04. The predicted octanol–water partition coefficient (Wildman–Crippen LogP) is 3.22. The minimum absolute atomic E-state index is 0.203. The molecule has 1 aliphatic heterocycles. The molecule has 1 saturated heterocycles. The van der Waals surface area contributed by atoms with E-state index in [1.54, 1.807) is 0 Å². The Labute approximate surface area is 109 Å². The number of nitrogens with two attached hydrogens (primary N) is 1. The van der Waals surface area contributed by atoms with Crippen LogP contribution in [0.5, 0.6) is 0 Å². The van der Waals surface area contributed by atoms with E-state index in [1.165, 1.54) is 24.1 Å². The number of halogens is 1. The molecule has 94 valence electrons. The third-order valence-corrected chi connectivity index (χ3v) is 3.96. The van der Waals surface area contributed by atoms with Gasteiger partial charge in [-0.25, -0.2) is 0 Å². The highest BCUT2D eigenvalue weighted by atomic mass is 35.5. The fraction of sp³-hybridized carbons (Fsp3) is 0.571. The van der Waals surface area contributed by atoms with Gasteiger partial charge in [0.1, 0.15) is 0 Å². The van der Waals surface area contributed by atoms with Gasteiger partial charge < -0.3 is 10.6 Å². The van der Waals surface area contributed by atoms with Crippen LogP contribution in [0.1, 0.15) is 32.3 Å². The molecular weight excluding hydrogens is 232 g/mol. The minimum atomic E-state index is 0.203. The van der Waals surface area contributed by atoms with Crippen molar-refractivity contribution in [2.45, 2.75) is 38.6 Å². The third kappa shape index (κ3) is 2.43. The average Bonchev–Trinajstić information content (AvgIpc) is 2.59. The van der Waals surface area contributed by atoms with Crippen molar-refractivity contribution in [1.82, 2.24) is 0 Å². The lowest BCUT2D eigenvalue weighted by molar-refractivity contribution is 0.517. The molecular formula is C14H21ClN2. The van der Waals surface area contributed by atoms with E-state index < -0.39 is 0 Å². The molecule has 2 rings (SSSR count). The van der Waals surface area contributed by atoms with Gasteiger partial charge in [-0.1, -0.05) is 23.7 Å². The van der Waals surface area contributed by atoms with Crippen LogP contribution in [0.15, 0.2) is 18.2 Å². The number of para-hydroxylation sites is 1. The Morgan fingerprint density at radius 1 is 1.41 bits per heavy atom. The number of hydrogen-bond acceptors (Lipinski definition) is 2. The van der Waals surface area contributed by atoms with Gasteiger partial charge in [0.2, 0.25) is 0 Å². The summed E-state index contributed by atoms with van der Waals surface area (Å²) in [5, 5.41) is 0.853. The van der Waals surface area contributed by atoms with E-state index in [4.69, 9.17) is 17.3 Å². The van der Waals surface area contributed by atoms with Crippen LogP contribution in [0.25, 0.3) is 0 Å². The predicted molar refractivity (Wildman–Crippen MR) is 74.9 cm³/mol. The summed E-state index contributed by atoms with van der Waals surface area (Å²) in [4.78, 5) is 2.44. The van der Waals surface area contributed by atoms with Crippen LogP contribution < -0.4 is 10.6 Å². The number of hydrogen-bond donors (Lipinski definition) is 1. The average molecular weight is 253 g/mol. The molecule has 1 heterocycles. The maximum Gasteiger partial charge on any atom is 0.0642 e. The minimum Gasteiger partial charge on any atom is -0.365 e.